The van der Waals surface area contributed by atoms with E-state index < -0.39 is 0 Å². The van der Waals surface area contributed by atoms with Gasteiger partial charge in [-0.3, -0.25) is 0 Å². The molecule has 0 unspecified atom stereocenters. The molecule has 0 amide bonds. The fourth-order valence-corrected chi connectivity index (χ4v) is 7.18. The van der Waals surface area contributed by atoms with E-state index in [9.17, 15) is 5.26 Å². The summed E-state index contributed by atoms with van der Waals surface area (Å²) in [6.45, 7) is 0. The smallest absolute Gasteiger partial charge is 0.164 e. The van der Waals surface area contributed by atoms with Crippen molar-refractivity contribution in [3.05, 3.63) is 169 Å². The fourth-order valence-electron chi connectivity index (χ4n) is 7.18. The van der Waals surface area contributed by atoms with Crippen LogP contribution in [0.5, 0.6) is 0 Å². The van der Waals surface area contributed by atoms with E-state index >= 15 is 0 Å². The Kier molecular flexibility index (Phi) is 6.76. The fraction of sp³-hybridized carbons (Fsp3) is 0. The Morgan fingerprint density at radius 3 is 1.71 bits per heavy atom. The van der Waals surface area contributed by atoms with Gasteiger partial charge in [-0.15, -0.1) is 0 Å². The highest BCUT2D eigenvalue weighted by molar-refractivity contribution is 6.11. The minimum Gasteiger partial charge on any atom is -0.456 e. The molecular weight excluding hydrogens is 639 g/mol. The number of aromatic nitrogens is 4. The predicted molar refractivity (Wildman–Crippen MR) is 208 cm³/mol. The van der Waals surface area contributed by atoms with Crippen molar-refractivity contribution < 1.29 is 4.42 Å². The van der Waals surface area contributed by atoms with Gasteiger partial charge in [0.05, 0.1) is 22.7 Å². The number of benzene rings is 7. The van der Waals surface area contributed by atoms with E-state index in [4.69, 9.17) is 19.4 Å². The molecule has 0 aliphatic rings. The summed E-state index contributed by atoms with van der Waals surface area (Å²) in [7, 11) is 0. The van der Waals surface area contributed by atoms with Crippen LogP contribution in [-0.4, -0.2) is 19.5 Å². The van der Waals surface area contributed by atoms with Gasteiger partial charge in [-0.2, -0.15) is 5.26 Å². The Balaban J connectivity index is 1.14. The molecular formula is C46H27N5O. The number of hydrogen-bond donors (Lipinski definition) is 0. The van der Waals surface area contributed by atoms with Gasteiger partial charge in [-0.25, -0.2) is 15.0 Å². The Morgan fingerprint density at radius 2 is 0.981 bits per heavy atom. The normalized spacial score (nSPS) is 11.4. The summed E-state index contributed by atoms with van der Waals surface area (Å²) in [5.74, 6) is 1.89. The number of nitriles is 1. The molecule has 6 heteroatoms. The van der Waals surface area contributed by atoms with Crippen molar-refractivity contribution in [2.75, 3.05) is 0 Å². The van der Waals surface area contributed by atoms with Gasteiger partial charge in [0, 0.05) is 43.9 Å². The lowest BCUT2D eigenvalue weighted by molar-refractivity contribution is 0.669. The zero-order valence-corrected chi connectivity index (χ0v) is 27.7. The summed E-state index contributed by atoms with van der Waals surface area (Å²) in [6, 6.07) is 57.6. The van der Waals surface area contributed by atoms with Crippen molar-refractivity contribution in [1.82, 2.24) is 19.5 Å². The molecule has 0 N–H and O–H groups in total. The molecule has 6 nitrogen and oxygen atoms in total. The van der Waals surface area contributed by atoms with Crippen LogP contribution in [0.2, 0.25) is 0 Å². The molecule has 7 aromatic carbocycles. The highest BCUT2D eigenvalue weighted by Crippen LogP contribution is 2.38. The summed E-state index contributed by atoms with van der Waals surface area (Å²) in [4.78, 5) is 14.9. The lowest BCUT2D eigenvalue weighted by Crippen LogP contribution is -2.00. The third-order valence-electron chi connectivity index (χ3n) is 9.67. The van der Waals surface area contributed by atoms with Gasteiger partial charge in [0.15, 0.2) is 17.5 Å². The molecule has 242 valence electrons. The topological polar surface area (TPSA) is 80.5 Å². The molecule has 0 fully saturated rings. The first kappa shape index (κ1) is 29.5. The summed E-state index contributed by atoms with van der Waals surface area (Å²) in [5, 5.41) is 13.8. The quantitative estimate of drug-likeness (QED) is 0.183. The Bertz CT molecular complexity index is 2970. The molecule has 0 atom stereocenters. The molecule has 0 saturated carbocycles. The Hall–Kier alpha value is -7.36. The van der Waals surface area contributed by atoms with Crippen LogP contribution < -0.4 is 0 Å². The van der Waals surface area contributed by atoms with Crippen LogP contribution in [0.15, 0.2) is 168 Å². The molecule has 3 heterocycles. The summed E-state index contributed by atoms with van der Waals surface area (Å²) < 4.78 is 8.61. The highest BCUT2D eigenvalue weighted by Gasteiger charge is 2.18. The molecule has 3 aromatic heterocycles. The van der Waals surface area contributed by atoms with Crippen LogP contribution in [0, 0.1) is 11.3 Å². The highest BCUT2D eigenvalue weighted by atomic mass is 16.3. The third-order valence-corrected chi connectivity index (χ3v) is 9.67. The number of hydrogen-bond acceptors (Lipinski definition) is 5. The first-order valence-electron chi connectivity index (χ1n) is 17.1. The van der Waals surface area contributed by atoms with Crippen LogP contribution in [0.1, 0.15) is 5.56 Å². The standard InChI is InChI=1S/C46H27N5O/c47-28-29-10-9-15-32(24-29)33-19-22-42-38(25-33)39-27-35(20-23-43(39)52-42)51-40-17-8-7-16-36(40)37-26-34(18-21-41(37)51)46-49-44(30-11-3-1-4-12-30)48-45(50-46)31-13-5-2-6-14-31/h1-27H. The van der Waals surface area contributed by atoms with Crippen LogP contribution >= 0.6 is 0 Å². The molecule has 0 aliphatic carbocycles. The number of rotatable bonds is 5. The maximum absolute atomic E-state index is 9.47. The number of furan rings is 1. The van der Waals surface area contributed by atoms with Crippen LogP contribution in [-0.2, 0) is 0 Å². The SMILES string of the molecule is N#Cc1cccc(-c2ccc3oc4ccc(-n5c6ccccc6c6cc(-c7nc(-c8ccccc8)nc(-c8ccccc8)n7)ccc65)cc4c3c2)c1. The Morgan fingerprint density at radius 1 is 0.423 bits per heavy atom. The van der Waals surface area contributed by atoms with Gasteiger partial charge < -0.3 is 8.98 Å². The largest absolute Gasteiger partial charge is 0.456 e. The van der Waals surface area contributed by atoms with Crippen LogP contribution in [0.3, 0.4) is 0 Å². The molecule has 10 rings (SSSR count). The number of fused-ring (bicyclic) bond motifs is 6. The van der Waals surface area contributed by atoms with Crippen molar-refractivity contribution in [3.63, 3.8) is 0 Å². The van der Waals surface area contributed by atoms with Crippen molar-refractivity contribution in [2.45, 2.75) is 0 Å². The first-order chi connectivity index (χ1) is 25.7. The summed E-state index contributed by atoms with van der Waals surface area (Å²) in [5.41, 5.74) is 10.3. The lowest BCUT2D eigenvalue weighted by atomic mass is 10.0. The van der Waals surface area contributed by atoms with E-state index in [1.807, 2.05) is 97.1 Å². The summed E-state index contributed by atoms with van der Waals surface area (Å²) >= 11 is 0. The zero-order chi connectivity index (χ0) is 34.6. The minimum atomic E-state index is 0.619. The zero-order valence-electron chi connectivity index (χ0n) is 27.7. The van der Waals surface area contributed by atoms with Gasteiger partial charge in [0.1, 0.15) is 11.2 Å². The third kappa shape index (κ3) is 4.92. The maximum atomic E-state index is 9.47. The number of para-hydroxylation sites is 1. The van der Waals surface area contributed by atoms with Gasteiger partial charge in [-0.1, -0.05) is 97.1 Å². The van der Waals surface area contributed by atoms with Gasteiger partial charge in [-0.05, 0) is 77.9 Å². The second-order valence-corrected chi connectivity index (χ2v) is 12.8. The van der Waals surface area contributed by atoms with E-state index in [0.29, 0.717) is 23.0 Å². The van der Waals surface area contributed by atoms with Crippen LogP contribution in [0.4, 0.5) is 0 Å². The van der Waals surface area contributed by atoms with Gasteiger partial charge in [0.25, 0.3) is 0 Å². The molecule has 0 spiro atoms. The monoisotopic (exact) mass is 665 g/mol. The lowest BCUT2D eigenvalue weighted by Gasteiger charge is -2.10. The van der Waals surface area contributed by atoms with Crippen molar-refractivity contribution in [3.8, 4) is 57.0 Å². The average molecular weight is 666 g/mol. The van der Waals surface area contributed by atoms with E-state index in [-0.39, 0.29) is 0 Å². The maximum Gasteiger partial charge on any atom is 0.164 e. The van der Waals surface area contributed by atoms with Crippen molar-refractivity contribution in [2.24, 2.45) is 0 Å². The molecule has 0 radical (unpaired) electrons. The van der Waals surface area contributed by atoms with E-state index in [2.05, 4.69) is 77.4 Å². The molecule has 0 aliphatic heterocycles. The second kappa shape index (κ2) is 11.9. The average Bonchev–Trinajstić information content (AvgIpc) is 3.76. The van der Waals surface area contributed by atoms with Gasteiger partial charge >= 0.3 is 0 Å². The van der Waals surface area contributed by atoms with Crippen molar-refractivity contribution in [1.29, 1.82) is 5.26 Å². The molecule has 0 saturated heterocycles. The van der Waals surface area contributed by atoms with Gasteiger partial charge in [0.2, 0.25) is 0 Å². The minimum absolute atomic E-state index is 0.619. The van der Waals surface area contributed by atoms with E-state index in [1.54, 1.807) is 0 Å². The number of nitrogens with zero attached hydrogens (tertiary/aromatic N) is 5. The van der Waals surface area contributed by atoms with Crippen LogP contribution in [0.25, 0.3) is 94.7 Å². The second-order valence-electron chi connectivity index (χ2n) is 12.8. The predicted octanol–water partition coefficient (Wildman–Crippen LogP) is 11.4. The van der Waals surface area contributed by atoms with Crippen molar-refractivity contribution >= 4 is 43.7 Å². The Labute approximate surface area is 298 Å². The molecule has 0 bridgehead atoms. The first-order valence-corrected chi connectivity index (χ1v) is 17.1. The van der Waals surface area contributed by atoms with E-state index in [1.165, 1.54) is 0 Å². The van der Waals surface area contributed by atoms with E-state index in [0.717, 1.165) is 77.2 Å². The molecule has 10 aromatic rings. The summed E-state index contributed by atoms with van der Waals surface area (Å²) in [6.07, 6.45) is 0. The molecule has 52 heavy (non-hydrogen) atoms.